The molecule has 0 fully saturated rings. The molecule has 3 rings (SSSR count). The van der Waals surface area contributed by atoms with E-state index in [0.717, 1.165) is 18.5 Å². The third kappa shape index (κ3) is 3.32. The van der Waals surface area contributed by atoms with Crippen LogP contribution in [-0.4, -0.2) is 28.4 Å². The maximum Gasteiger partial charge on any atom is 0.277 e. The van der Waals surface area contributed by atoms with Crippen LogP contribution in [0.25, 0.3) is 0 Å². The molecule has 0 spiro atoms. The number of aromatic nitrogens is 1. The SMILES string of the molecule is Cc1cc(C(=O)Nc2ccc3c(c2)CN(C(=O)C(C)C)CC3)no1. The predicted octanol–water partition coefficient (Wildman–Crippen LogP) is 2.78. The fraction of sp³-hybridized carbons (Fsp3) is 0.389. The molecule has 126 valence electrons. The summed E-state index contributed by atoms with van der Waals surface area (Å²) >= 11 is 0. The van der Waals surface area contributed by atoms with Crippen molar-refractivity contribution in [1.29, 1.82) is 0 Å². The van der Waals surface area contributed by atoms with Gasteiger partial charge in [0, 0.05) is 30.8 Å². The topological polar surface area (TPSA) is 75.4 Å². The average Bonchev–Trinajstić information content (AvgIpc) is 3.00. The highest BCUT2D eigenvalue weighted by Gasteiger charge is 2.23. The Kier molecular flexibility index (Phi) is 4.38. The lowest BCUT2D eigenvalue weighted by atomic mass is 9.98. The van der Waals surface area contributed by atoms with Crippen LogP contribution in [0.3, 0.4) is 0 Å². The normalized spacial score (nSPS) is 13.8. The fourth-order valence-corrected chi connectivity index (χ4v) is 2.86. The van der Waals surface area contributed by atoms with Gasteiger partial charge in [-0.15, -0.1) is 0 Å². The summed E-state index contributed by atoms with van der Waals surface area (Å²) in [6.45, 7) is 6.89. The van der Waals surface area contributed by atoms with Crippen LogP contribution < -0.4 is 5.32 Å². The Labute approximate surface area is 140 Å². The Hall–Kier alpha value is -2.63. The zero-order valence-corrected chi connectivity index (χ0v) is 14.1. The van der Waals surface area contributed by atoms with Crippen LogP contribution in [0.5, 0.6) is 0 Å². The molecule has 6 heteroatoms. The maximum atomic E-state index is 12.2. The van der Waals surface area contributed by atoms with E-state index in [9.17, 15) is 9.59 Å². The van der Waals surface area contributed by atoms with Crippen molar-refractivity contribution in [2.75, 3.05) is 11.9 Å². The summed E-state index contributed by atoms with van der Waals surface area (Å²) in [7, 11) is 0. The number of nitrogens with one attached hydrogen (secondary N) is 1. The number of hydrogen-bond donors (Lipinski definition) is 1. The largest absolute Gasteiger partial charge is 0.361 e. The molecule has 1 aromatic carbocycles. The van der Waals surface area contributed by atoms with Gasteiger partial charge in [0.1, 0.15) is 5.76 Å². The minimum absolute atomic E-state index is 0.00941. The minimum Gasteiger partial charge on any atom is -0.361 e. The van der Waals surface area contributed by atoms with Crippen molar-refractivity contribution in [1.82, 2.24) is 10.1 Å². The number of hydrogen-bond acceptors (Lipinski definition) is 4. The number of carbonyl (C=O) groups is 2. The zero-order chi connectivity index (χ0) is 17.3. The van der Waals surface area contributed by atoms with Crippen molar-refractivity contribution in [3.8, 4) is 0 Å². The van der Waals surface area contributed by atoms with Crippen molar-refractivity contribution in [2.45, 2.75) is 33.7 Å². The molecule has 0 bridgehead atoms. The summed E-state index contributed by atoms with van der Waals surface area (Å²) in [4.78, 5) is 26.2. The van der Waals surface area contributed by atoms with Gasteiger partial charge in [-0.3, -0.25) is 9.59 Å². The molecule has 0 unspecified atom stereocenters. The Morgan fingerprint density at radius 1 is 1.25 bits per heavy atom. The van der Waals surface area contributed by atoms with Gasteiger partial charge in [0.05, 0.1) is 0 Å². The first-order chi connectivity index (χ1) is 11.4. The van der Waals surface area contributed by atoms with E-state index in [1.54, 1.807) is 13.0 Å². The second-order valence-corrected chi connectivity index (χ2v) is 6.42. The second kappa shape index (κ2) is 6.47. The summed E-state index contributed by atoms with van der Waals surface area (Å²) in [6, 6.07) is 7.41. The van der Waals surface area contributed by atoms with E-state index in [1.807, 2.05) is 36.9 Å². The summed E-state index contributed by atoms with van der Waals surface area (Å²) < 4.78 is 4.92. The van der Waals surface area contributed by atoms with Crippen LogP contribution in [0.15, 0.2) is 28.8 Å². The number of benzene rings is 1. The molecule has 0 aliphatic carbocycles. The predicted molar refractivity (Wildman–Crippen MR) is 89.6 cm³/mol. The minimum atomic E-state index is -0.308. The van der Waals surface area contributed by atoms with Gasteiger partial charge < -0.3 is 14.7 Å². The van der Waals surface area contributed by atoms with E-state index >= 15 is 0 Å². The first kappa shape index (κ1) is 16.2. The molecule has 0 saturated carbocycles. The quantitative estimate of drug-likeness (QED) is 0.940. The molecular formula is C18H21N3O3. The molecule has 2 aromatic rings. The second-order valence-electron chi connectivity index (χ2n) is 6.42. The van der Waals surface area contributed by atoms with Crippen molar-refractivity contribution < 1.29 is 14.1 Å². The van der Waals surface area contributed by atoms with Gasteiger partial charge in [-0.05, 0) is 36.6 Å². The van der Waals surface area contributed by atoms with Crippen molar-refractivity contribution >= 4 is 17.5 Å². The van der Waals surface area contributed by atoms with Crippen LogP contribution in [-0.2, 0) is 17.8 Å². The van der Waals surface area contributed by atoms with Crippen molar-refractivity contribution in [3.63, 3.8) is 0 Å². The summed E-state index contributed by atoms with van der Waals surface area (Å²) in [5, 5.41) is 6.54. The molecule has 6 nitrogen and oxygen atoms in total. The Balaban J connectivity index is 1.75. The van der Waals surface area contributed by atoms with Gasteiger partial charge in [-0.2, -0.15) is 0 Å². The van der Waals surface area contributed by atoms with E-state index in [-0.39, 0.29) is 23.4 Å². The van der Waals surface area contributed by atoms with E-state index < -0.39 is 0 Å². The molecule has 1 aromatic heterocycles. The van der Waals surface area contributed by atoms with Crippen LogP contribution in [0.2, 0.25) is 0 Å². The van der Waals surface area contributed by atoms with Crippen LogP contribution in [0, 0.1) is 12.8 Å². The summed E-state index contributed by atoms with van der Waals surface area (Å²) in [5.74, 6) is 0.434. The van der Waals surface area contributed by atoms with Crippen molar-refractivity contribution in [2.24, 2.45) is 5.92 Å². The molecule has 24 heavy (non-hydrogen) atoms. The van der Waals surface area contributed by atoms with Gasteiger partial charge in [-0.25, -0.2) is 0 Å². The number of nitrogens with zero attached hydrogens (tertiary/aromatic N) is 2. The lowest BCUT2D eigenvalue weighted by molar-refractivity contribution is -0.135. The van der Waals surface area contributed by atoms with Gasteiger partial charge in [0.2, 0.25) is 5.91 Å². The van der Waals surface area contributed by atoms with E-state index in [1.165, 1.54) is 5.56 Å². The lowest BCUT2D eigenvalue weighted by Gasteiger charge is -2.30. The third-order valence-electron chi connectivity index (χ3n) is 4.14. The molecule has 0 radical (unpaired) electrons. The molecular weight excluding hydrogens is 306 g/mol. The third-order valence-corrected chi connectivity index (χ3v) is 4.14. The van der Waals surface area contributed by atoms with Crippen LogP contribution in [0.4, 0.5) is 5.69 Å². The first-order valence-electron chi connectivity index (χ1n) is 8.09. The highest BCUT2D eigenvalue weighted by Crippen LogP contribution is 2.24. The molecule has 1 N–H and O–H groups in total. The number of aryl methyl sites for hydroxylation is 1. The number of fused-ring (bicyclic) bond motifs is 1. The van der Waals surface area contributed by atoms with E-state index in [0.29, 0.717) is 18.0 Å². The highest BCUT2D eigenvalue weighted by atomic mass is 16.5. The number of carbonyl (C=O) groups excluding carboxylic acids is 2. The van der Waals surface area contributed by atoms with Crippen LogP contribution in [0.1, 0.15) is 41.2 Å². The lowest BCUT2D eigenvalue weighted by Crippen LogP contribution is -2.38. The Morgan fingerprint density at radius 3 is 2.71 bits per heavy atom. The van der Waals surface area contributed by atoms with Gasteiger partial charge in [-0.1, -0.05) is 25.1 Å². The number of anilines is 1. The summed E-state index contributed by atoms with van der Waals surface area (Å²) in [6.07, 6.45) is 0.838. The Bertz CT molecular complexity index is 780. The van der Waals surface area contributed by atoms with E-state index in [4.69, 9.17) is 4.52 Å². The van der Waals surface area contributed by atoms with Gasteiger partial charge in [0.25, 0.3) is 5.91 Å². The molecule has 2 amide bonds. The molecule has 2 heterocycles. The Morgan fingerprint density at radius 2 is 2.04 bits per heavy atom. The summed E-state index contributed by atoms with van der Waals surface area (Å²) in [5.41, 5.74) is 3.24. The average molecular weight is 327 g/mol. The van der Waals surface area contributed by atoms with Crippen LogP contribution >= 0.6 is 0 Å². The zero-order valence-electron chi connectivity index (χ0n) is 14.1. The smallest absolute Gasteiger partial charge is 0.277 e. The fourth-order valence-electron chi connectivity index (χ4n) is 2.86. The molecule has 1 aliphatic rings. The van der Waals surface area contributed by atoms with Gasteiger partial charge >= 0.3 is 0 Å². The molecule has 0 saturated heterocycles. The molecule has 1 aliphatic heterocycles. The number of amides is 2. The highest BCUT2D eigenvalue weighted by molar-refractivity contribution is 6.02. The first-order valence-corrected chi connectivity index (χ1v) is 8.09. The monoisotopic (exact) mass is 327 g/mol. The number of rotatable bonds is 3. The van der Waals surface area contributed by atoms with Gasteiger partial charge in [0.15, 0.2) is 5.69 Å². The maximum absolute atomic E-state index is 12.2. The standard InChI is InChI=1S/C18H21N3O3/c1-11(2)18(23)21-7-6-13-4-5-15(9-14(13)10-21)19-17(22)16-8-12(3)24-20-16/h4-5,8-9,11H,6-7,10H2,1-3H3,(H,19,22). The van der Waals surface area contributed by atoms with Crippen molar-refractivity contribution in [3.05, 3.63) is 46.8 Å². The van der Waals surface area contributed by atoms with E-state index in [2.05, 4.69) is 10.5 Å². The molecule has 0 atom stereocenters.